The molecule has 0 radical (unpaired) electrons. The molecule has 0 aliphatic carbocycles. The third-order valence-electron chi connectivity index (χ3n) is 4.63. The summed E-state index contributed by atoms with van der Waals surface area (Å²) in [6.45, 7) is 1.69. The number of hydrogen-bond donors (Lipinski definition) is 0. The summed E-state index contributed by atoms with van der Waals surface area (Å²) >= 11 is 0. The van der Waals surface area contributed by atoms with Crippen LogP contribution in [0.2, 0.25) is 0 Å². The maximum atomic E-state index is 12.4. The molecule has 1 aliphatic heterocycles. The van der Waals surface area contributed by atoms with Gasteiger partial charge >= 0.3 is 0 Å². The number of hydrogen-bond acceptors (Lipinski definition) is 8. The van der Waals surface area contributed by atoms with Crippen molar-refractivity contribution >= 4 is 10.1 Å². The highest BCUT2D eigenvalue weighted by Gasteiger charge is 2.50. The fourth-order valence-electron chi connectivity index (χ4n) is 3.13. The van der Waals surface area contributed by atoms with Crippen molar-refractivity contribution in [3.63, 3.8) is 0 Å². The van der Waals surface area contributed by atoms with Gasteiger partial charge in [0.05, 0.1) is 18.1 Å². The van der Waals surface area contributed by atoms with Crippen molar-refractivity contribution in [3.05, 3.63) is 77.8 Å². The molecule has 30 heavy (non-hydrogen) atoms. The van der Waals surface area contributed by atoms with Crippen molar-refractivity contribution in [1.82, 2.24) is 14.8 Å². The lowest BCUT2D eigenvalue weighted by Crippen LogP contribution is -2.45. The van der Waals surface area contributed by atoms with E-state index in [0.29, 0.717) is 4.73 Å². The molecular formula is C19H20N4O6S. The minimum Gasteiger partial charge on any atom is -0.618 e. The third kappa shape index (κ3) is 4.19. The second kappa shape index (κ2) is 8.11. The molecule has 4 rings (SSSR count). The van der Waals surface area contributed by atoms with Crippen LogP contribution in [0.3, 0.4) is 0 Å². The van der Waals surface area contributed by atoms with Gasteiger partial charge in [0, 0.05) is 12.1 Å². The Kier molecular flexibility index (Phi) is 5.52. The molecule has 0 amide bonds. The Balaban J connectivity index is 1.52. The van der Waals surface area contributed by atoms with E-state index in [4.69, 9.17) is 13.7 Å². The van der Waals surface area contributed by atoms with Crippen molar-refractivity contribution in [1.29, 1.82) is 0 Å². The average molecular weight is 432 g/mol. The molecule has 158 valence electrons. The molecule has 1 aromatic carbocycles. The predicted octanol–water partition coefficient (Wildman–Crippen LogP) is 0.894. The van der Waals surface area contributed by atoms with Gasteiger partial charge in [-0.2, -0.15) is 18.2 Å². The first-order valence-corrected chi connectivity index (χ1v) is 10.6. The Hall–Kier alpha value is -2.86. The lowest BCUT2D eigenvalue weighted by molar-refractivity contribution is -0.629. The van der Waals surface area contributed by atoms with Crippen LogP contribution in [0.1, 0.15) is 11.3 Å². The Labute approximate surface area is 173 Å². The van der Waals surface area contributed by atoms with Gasteiger partial charge in [0.1, 0.15) is 25.3 Å². The Morgan fingerprint density at radius 2 is 2.10 bits per heavy atom. The van der Waals surface area contributed by atoms with Crippen molar-refractivity contribution in [2.24, 2.45) is 0 Å². The highest BCUT2D eigenvalue weighted by atomic mass is 32.2. The van der Waals surface area contributed by atoms with Crippen LogP contribution in [0.5, 0.6) is 0 Å². The number of ether oxygens (including phenoxy) is 2. The maximum Gasteiger partial charge on any atom is 0.297 e. The molecule has 0 bridgehead atoms. The van der Waals surface area contributed by atoms with Gasteiger partial charge in [-0.05, 0) is 25.1 Å². The van der Waals surface area contributed by atoms with Gasteiger partial charge in [0.15, 0.2) is 6.20 Å². The molecule has 3 aromatic rings. The van der Waals surface area contributed by atoms with Crippen molar-refractivity contribution in [3.8, 4) is 0 Å². The van der Waals surface area contributed by atoms with Gasteiger partial charge in [-0.1, -0.05) is 17.7 Å². The van der Waals surface area contributed by atoms with E-state index < -0.39 is 22.0 Å². The van der Waals surface area contributed by atoms with Crippen molar-refractivity contribution < 1.29 is 26.8 Å². The SMILES string of the molecule is Cc1ccc(S(=O)(=O)OC[C@@H]2CO[C@@](Cn3cncn3)(c3cccc[n+]3[O-])O2)cc1. The topological polar surface area (TPSA) is 119 Å². The molecule has 11 heteroatoms. The summed E-state index contributed by atoms with van der Waals surface area (Å²) < 4.78 is 44.1. The molecular weight excluding hydrogens is 412 g/mol. The predicted molar refractivity (Wildman–Crippen MR) is 102 cm³/mol. The minimum atomic E-state index is -3.95. The van der Waals surface area contributed by atoms with Crippen molar-refractivity contribution in [2.75, 3.05) is 13.2 Å². The summed E-state index contributed by atoms with van der Waals surface area (Å²) in [6, 6.07) is 11.2. The highest BCUT2D eigenvalue weighted by Crippen LogP contribution is 2.34. The summed E-state index contributed by atoms with van der Waals surface area (Å²) in [4.78, 5) is 3.95. The molecule has 0 N–H and O–H groups in total. The van der Waals surface area contributed by atoms with Crippen LogP contribution >= 0.6 is 0 Å². The number of aromatic nitrogens is 4. The van der Waals surface area contributed by atoms with E-state index in [-0.39, 0.29) is 30.3 Å². The van der Waals surface area contributed by atoms with E-state index in [9.17, 15) is 13.6 Å². The summed E-state index contributed by atoms with van der Waals surface area (Å²) in [5.74, 6) is -1.46. The second-order valence-electron chi connectivity index (χ2n) is 6.86. The van der Waals surface area contributed by atoms with Crippen LogP contribution in [0.15, 0.2) is 66.2 Å². The fraction of sp³-hybridized carbons (Fsp3) is 0.316. The summed E-state index contributed by atoms with van der Waals surface area (Å²) in [5, 5.41) is 16.4. The van der Waals surface area contributed by atoms with E-state index >= 15 is 0 Å². The van der Waals surface area contributed by atoms with Crippen LogP contribution < -0.4 is 4.73 Å². The Bertz CT molecular complexity index is 1100. The number of rotatable bonds is 7. The van der Waals surface area contributed by atoms with Gasteiger partial charge in [-0.25, -0.2) is 9.67 Å². The van der Waals surface area contributed by atoms with Crippen LogP contribution in [0.25, 0.3) is 0 Å². The highest BCUT2D eigenvalue weighted by molar-refractivity contribution is 7.86. The van der Waals surface area contributed by atoms with E-state index in [1.165, 1.54) is 35.7 Å². The van der Waals surface area contributed by atoms with Crippen LogP contribution in [0.4, 0.5) is 0 Å². The standard InChI is InChI=1S/C19H20N4O6S/c1-15-5-7-17(8-6-15)30(25,26)28-11-16-10-27-19(29-16,12-22-14-20-13-21-22)18-4-2-3-9-23(18)24/h2-9,13-14,16H,10-12H2,1H3/t16-,19+/m0/s1. The maximum absolute atomic E-state index is 12.4. The zero-order valence-electron chi connectivity index (χ0n) is 16.1. The number of nitrogens with zero attached hydrogens (tertiary/aromatic N) is 4. The third-order valence-corrected chi connectivity index (χ3v) is 5.93. The minimum absolute atomic E-state index is 0.0347. The quantitative estimate of drug-likeness (QED) is 0.307. The molecule has 1 aliphatic rings. The molecule has 1 saturated heterocycles. The summed E-state index contributed by atoms with van der Waals surface area (Å²) in [5.41, 5.74) is 1.15. The average Bonchev–Trinajstić information content (AvgIpc) is 3.38. The molecule has 2 atom stereocenters. The van der Waals surface area contributed by atoms with Crippen molar-refractivity contribution in [2.45, 2.75) is 30.3 Å². The first-order valence-electron chi connectivity index (χ1n) is 9.17. The zero-order valence-corrected chi connectivity index (χ0v) is 16.9. The molecule has 1 fully saturated rings. The van der Waals surface area contributed by atoms with E-state index in [1.807, 2.05) is 6.92 Å². The van der Waals surface area contributed by atoms with Crippen LogP contribution in [0, 0.1) is 12.1 Å². The molecule has 0 spiro atoms. The first kappa shape index (κ1) is 20.4. The fourth-order valence-corrected chi connectivity index (χ4v) is 4.07. The van der Waals surface area contributed by atoms with Gasteiger partial charge in [0.2, 0.25) is 0 Å². The summed E-state index contributed by atoms with van der Waals surface area (Å²) in [6.07, 6.45) is 3.44. The second-order valence-corrected chi connectivity index (χ2v) is 8.48. The Morgan fingerprint density at radius 3 is 2.80 bits per heavy atom. The van der Waals surface area contributed by atoms with E-state index in [0.717, 1.165) is 5.56 Å². The monoisotopic (exact) mass is 432 g/mol. The lowest BCUT2D eigenvalue weighted by Gasteiger charge is -2.25. The number of aryl methyl sites for hydroxylation is 1. The van der Waals surface area contributed by atoms with Gasteiger partial charge in [-0.3, -0.25) is 4.18 Å². The molecule has 0 saturated carbocycles. The largest absolute Gasteiger partial charge is 0.618 e. The number of pyridine rings is 1. The summed E-state index contributed by atoms with van der Waals surface area (Å²) in [7, 11) is -3.95. The van der Waals surface area contributed by atoms with E-state index in [2.05, 4.69) is 10.1 Å². The molecule has 2 aromatic heterocycles. The first-order chi connectivity index (χ1) is 14.4. The normalized spacial score (nSPS) is 21.7. The van der Waals surface area contributed by atoms with Gasteiger partial charge in [0.25, 0.3) is 21.6 Å². The van der Waals surface area contributed by atoms with Gasteiger partial charge in [-0.15, -0.1) is 0 Å². The van der Waals surface area contributed by atoms with Crippen LogP contribution in [-0.2, 0) is 36.1 Å². The van der Waals surface area contributed by atoms with E-state index in [1.54, 1.807) is 30.3 Å². The molecule has 3 heterocycles. The smallest absolute Gasteiger partial charge is 0.297 e. The Morgan fingerprint density at radius 1 is 1.30 bits per heavy atom. The van der Waals surface area contributed by atoms with Gasteiger partial charge < -0.3 is 14.7 Å². The molecule has 0 unspecified atom stereocenters. The molecule has 10 nitrogen and oxygen atoms in total. The number of benzene rings is 1. The van der Waals surface area contributed by atoms with Crippen LogP contribution in [-0.4, -0.2) is 42.5 Å². The lowest BCUT2D eigenvalue weighted by atomic mass is 10.1. The zero-order chi connectivity index (χ0) is 21.2.